The number of thiazole rings is 1. The van der Waals surface area contributed by atoms with E-state index in [0.29, 0.717) is 6.54 Å². The number of nitrogens with one attached hydrogen (secondary N) is 1. The second kappa shape index (κ2) is 10.1. The van der Waals surface area contributed by atoms with E-state index in [1.54, 1.807) is 23.5 Å². The Hall–Kier alpha value is -2.61. The summed E-state index contributed by atoms with van der Waals surface area (Å²) in [7, 11) is 0. The molecule has 1 aliphatic heterocycles. The summed E-state index contributed by atoms with van der Waals surface area (Å²) in [6, 6.07) is 14.5. The molecule has 5 nitrogen and oxygen atoms in total. The minimum atomic E-state index is -0.236. The van der Waals surface area contributed by atoms with Gasteiger partial charge >= 0.3 is 0 Å². The first-order valence-corrected chi connectivity index (χ1v) is 11.5. The van der Waals surface area contributed by atoms with E-state index in [0.717, 1.165) is 61.1 Å². The second-order valence-corrected chi connectivity index (χ2v) is 8.73. The topological polar surface area (TPSA) is 48.5 Å². The van der Waals surface area contributed by atoms with Crippen molar-refractivity contribution in [2.75, 3.05) is 38.0 Å². The average Bonchev–Trinajstić information content (AvgIpc) is 3.24. The van der Waals surface area contributed by atoms with Crippen LogP contribution in [0.25, 0.3) is 11.3 Å². The molecule has 1 saturated heterocycles. The highest BCUT2D eigenvalue weighted by Gasteiger charge is 2.20. The first-order valence-electron chi connectivity index (χ1n) is 10.6. The number of amides is 1. The van der Waals surface area contributed by atoms with E-state index in [1.165, 1.54) is 17.7 Å². The van der Waals surface area contributed by atoms with Gasteiger partial charge in [0.15, 0.2) is 0 Å². The molecule has 1 fully saturated rings. The summed E-state index contributed by atoms with van der Waals surface area (Å²) in [4.78, 5) is 21.6. The normalized spacial score (nSPS) is 15.2. The third kappa shape index (κ3) is 5.97. The predicted molar refractivity (Wildman–Crippen MR) is 124 cm³/mol. The Labute approximate surface area is 186 Å². The van der Waals surface area contributed by atoms with Gasteiger partial charge in [0.2, 0.25) is 5.91 Å². The molecule has 4 rings (SSSR count). The van der Waals surface area contributed by atoms with E-state index in [9.17, 15) is 9.18 Å². The number of anilines is 1. The zero-order valence-corrected chi connectivity index (χ0v) is 18.5. The van der Waals surface area contributed by atoms with E-state index >= 15 is 0 Å². The Bertz CT molecular complexity index is 995. The van der Waals surface area contributed by atoms with Gasteiger partial charge in [-0.1, -0.05) is 19.1 Å². The molecular weight excluding hydrogens is 411 g/mol. The molecule has 7 heteroatoms. The molecule has 0 spiro atoms. The van der Waals surface area contributed by atoms with E-state index in [1.807, 2.05) is 17.5 Å². The van der Waals surface area contributed by atoms with Crippen molar-refractivity contribution in [3.05, 3.63) is 70.3 Å². The van der Waals surface area contributed by atoms with Crippen LogP contribution in [0.2, 0.25) is 0 Å². The quantitative estimate of drug-likeness (QED) is 0.599. The number of carbonyl (C=O) groups excluding carboxylic acids is 1. The van der Waals surface area contributed by atoms with Crippen molar-refractivity contribution in [1.29, 1.82) is 0 Å². The molecule has 2 heterocycles. The minimum absolute atomic E-state index is 0.0292. The number of hydrogen-bond donors (Lipinski definition) is 1. The van der Waals surface area contributed by atoms with Crippen LogP contribution in [0.15, 0.2) is 53.9 Å². The maximum atomic E-state index is 13.1. The number of benzene rings is 2. The van der Waals surface area contributed by atoms with Gasteiger partial charge in [0, 0.05) is 42.8 Å². The van der Waals surface area contributed by atoms with Gasteiger partial charge in [0.1, 0.15) is 10.8 Å². The molecule has 0 bridgehead atoms. The average molecular weight is 439 g/mol. The zero-order chi connectivity index (χ0) is 21.6. The first-order chi connectivity index (χ1) is 15.1. The van der Waals surface area contributed by atoms with Crippen molar-refractivity contribution in [1.82, 2.24) is 14.8 Å². The molecule has 1 N–H and O–H groups in total. The Morgan fingerprint density at radius 3 is 2.39 bits per heavy atom. The molecule has 0 aliphatic carbocycles. The van der Waals surface area contributed by atoms with E-state index in [4.69, 9.17) is 4.98 Å². The van der Waals surface area contributed by atoms with Crippen LogP contribution < -0.4 is 5.32 Å². The van der Waals surface area contributed by atoms with Gasteiger partial charge in [0.05, 0.1) is 18.8 Å². The number of halogens is 1. The summed E-state index contributed by atoms with van der Waals surface area (Å²) < 4.78 is 13.1. The smallest absolute Gasteiger partial charge is 0.238 e. The third-order valence-electron chi connectivity index (χ3n) is 5.53. The fraction of sp³-hybridized carbons (Fsp3) is 0.333. The number of hydrogen-bond acceptors (Lipinski definition) is 5. The van der Waals surface area contributed by atoms with Crippen molar-refractivity contribution in [2.24, 2.45) is 0 Å². The Kier molecular flexibility index (Phi) is 7.06. The van der Waals surface area contributed by atoms with E-state index in [-0.39, 0.29) is 11.7 Å². The molecule has 162 valence electrons. The van der Waals surface area contributed by atoms with Crippen LogP contribution in [-0.2, 0) is 17.8 Å². The summed E-state index contributed by atoms with van der Waals surface area (Å²) in [6.45, 7) is 6.86. The first kappa shape index (κ1) is 21.6. The van der Waals surface area contributed by atoms with Crippen LogP contribution in [0.5, 0.6) is 0 Å². The molecule has 2 aromatic carbocycles. The minimum Gasteiger partial charge on any atom is -0.325 e. The molecule has 1 aliphatic rings. The van der Waals surface area contributed by atoms with E-state index in [2.05, 4.69) is 34.2 Å². The summed E-state index contributed by atoms with van der Waals surface area (Å²) >= 11 is 1.63. The second-order valence-electron chi connectivity index (χ2n) is 7.78. The van der Waals surface area contributed by atoms with Gasteiger partial charge in [-0.15, -0.1) is 11.3 Å². The summed E-state index contributed by atoms with van der Waals surface area (Å²) in [5.41, 5.74) is 3.94. The number of aryl methyl sites for hydroxylation is 1. The highest BCUT2D eigenvalue weighted by atomic mass is 32.1. The molecule has 0 saturated carbocycles. The van der Waals surface area contributed by atoms with Crippen LogP contribution in [-0.4, -0.2) is 53.4 Å². The summed E-state index contributed by atoms with van der Waals surface area (Å²) in [6.07, 6.45) is 0.993. The maximum absolute atomic E-state index is 13.1. The van der Waals surface area contributed by atoms with Crippen molar-refractivity contribution >= 4 is 22.9 Å². The fourth-order valence-corrected chi connectivity index (χ4v) is 4.51. The van der Waals surface area contributed by atoms with Crippen LogP contribution in [0, 0.1) is 5.82 Å². The molecule has 0 atom stereocenters. The van der Waals surface area contributed by atoms with Gasteiger partial charge in [-0.05, 0) is 48.4 Å². The van der Waals surface area contributed by atoms with Crippen molar-refractivity contribution in [3.8, 4) is 11.3 Å². The molecular formula is C24H27FN4OS. The lowest BCUT2D eigenvalue weighted by atomic mass is 10.1. The SMILES string of the molecule is CCc1ccc(NC(=O)CN2CCN(Cc3nc(-c4ccc(F)cc4)cs3)CC2)cc1. The maximum Gasteiger partial charge on any atom is 0.238 e. The predicted octanol–water partition coefficient (Wildman–Crippen LogP) is 4.27. The van der Waals surface area contributed by atoms with Gasteiger partial charge < -0.3 is 5.32 Å². The van der Waals surface area contributed by atoms with Crippen LogP contribution in [0.3, 0.4) is 0 Å². The van der Waals surface area contributed by atoms with Crippen LogP contribution in [0.1, 0.15) is 17.5 Å². The van der Waals surface area contributed by atoms with Gasteiger partial charge in [0.25, 0.3) is 0 Å². The molecule has 0 unspecified atom stereocenters. The lowest BCUT2D eigenvalue weighted by molar-refractivity contribution is -0.117. The van der Waals surface area contributed by atoms with Crippen LogP contribution in [0.4, 0.5) is 10.1 Å². The molecule has 0 radical (unpaired) electrons. The molecule has 31 heavy (non-hydrogen) atoms. The highest BCUT2D eigenvalue weighted by Crippen LogP contribution is 2.23. The Morgan fingerprint density at radius 2 is 1.71 bits per heavy atom. The van der Waals surface area contributed by atoms with Crippen molar-refractivity contribution in [2.45, 2.75) is 19.9 Å². The number of aromatic nitrogens is 1. The molecule has 3 aromatic rings. The zero-order valence-electron chi connectivity index (χ0n) is 17.7. The van der Waals surface area contributed by atoms with Crippen molar-refractivity contribution in [3.63, 3.8) is 0 Å². The number of carbonyl (C=O) groups is 1. The number of nitrogens with zero attached hydrogens (tertiary/aromatic N) is 3. The summed E-state index contributed by atoms with van der Waals surface area (Å²) in [5, 5.41) is 6.07. The largest absolute Gasteiger partial charge is 0.325 e. The molecule has 1 aromatic heterocycles. The summed E-state index contributed by atoms with van der Waals surface area (Å²) in [5.74, 6) is -0.207. The van der Waals surface area contributed by atoms with Gasteiger partial charge in [-0.25, -0.2) is 9.37 Å². The Balaban J connectivity index is 1.22. The standard InChI is InChI=1S/C24H27FN4OS/c1-2-18-3-9-21(10-4-18)26-23(30)15-28-11-13-29(14-12-28)16-24-27-22(17-31-24)19-5-7-20(25)8-6-19/h3-10,17H,2,11-16H2,1H3,(H,26,30). The van der Waals surface area contributed by atoms with Gasteiger partial charge in [-0.2, -0.15) is 0 Å². The number of rotatable bonds is 7. The monoisotopic (exact) mass is 438 g/mol. The van der Waals surface area contributed by atoms with Crippen LogP contribution >= 0.6 is 11.3 Å². The lowest BCUT2D eigenvalue weighted by Crippen LogP contribution is -2.48. The lowest BCUT2D eigenvalue weighted by Gasteiger charge is -2.33. The molecule has 1 amide bonds. The van der Waals surface area contributed by atoms with Gasteiger partial charge in [-0.3, -0.25) is 14.6 Å². The number of piperazine rings is 1. The third-order valence-corrected chi connectivity index (χ3v) is 6.36. The fourth-order valence-electron chi connectivity index (χ4n) is 3.66. The Morgan fingerprint density at radius 1 is 1.03 bits per heavy atom. The van der Waals surface area contributed by atoms with E-state index < -0.39 is 0 Å². The van der Waals surface area contributed by atoms with Crippen molar-refractivity contribution < 1.29 is 9.18 Å². The highest BCUT2D eigenvalue weighted by molar-refractivity contribution is 7.09.